The van der Waals surface area contributed by atoms with Crippen LogP contribution in [0.25, 0.3) is 11.1 Å². The number of aldehydes is 1. The fraction of sp³-hybridized carbons (Fsp3) is 0.0769. The van der Waals surface area contributed by atoms with E-state index in [0.29, 0.717) is 16.5 Å². The van der Waals surface area contributed by atoms with Crippen LogP contribution in [0.3, 0.4) is 0 Å². The van der Waals surface area contributed by atoms with E-state index in [2.05, 4.69) is 4.98 Å². The normalized spacial score (nSPS) is 10.0. The molecular formula is C13H10ClNO2. The van der Waals surface area contributed by atoms with Gasteiger partial charge in [0.25, 0.3) is 0 Å². The van der Waals surface area contributed by atoms with E-state index in [4.69, 9.17) is 16.3 Å². The van der Waals surface area contributed by atoms with Crippen molar-refractivity contribution in [1.82, 2.24) is 4.98 Å². The highest BCUT2D eigenvalue weighted by atomic mass is 35.5. The molecule has 86 valence electrons. The van der Waals surface area contributed by atoms with Gasteiger partial charge in [-0.3, -0.25) is 4.79 Å². The first-order valence-electron chi connectivity index (χ1n) is 4.99. The van der Waals surface area contributed by atoms with E-state index in [1.807, 2.05) is 18.2 Å². The van der Waals surface area contributed by atoms with Crippen LogP contribution in [0.1, 0.15) is 10.4 Å². The molecule has 0 radical (unpaired) electrons. The number of benzene rings is 1. The Morgan fingerprint density at radius 2 is 1.94 bits per heavy atom. The summed E-state index contributed by atoms with van der Waals surface area (Å²) in [5.41, 5.74) is 2.49. The fourth-order valence-corrected chi connectivity index (χ4v) is 1.66. The molecule has 1 aromatic carbocycles. The van der Waals surface area contributed by atoms with E-state index in [0.717, 1.165) is 17.4 Å². The molecule has 0 N–H and O–H groups in total. The zero-order valence-electron chi connectivity index (χ0n) is 9.18. The number of hydrogen-bond donors (Lipinski definition) is 0. The molecule has 1 heterocycles. The van der Waals surface area contributed by atoms with E-state index in [1.165, 1.54) is 0 Å². The number of hydrogen-bond acceptors (Lipinski definition) is 3. The molecule has 2 aromatic rings. The van der Waals surface area contributed by atoms with Gasteiger partial charge >= 0.3 is 0 Å². The molecule has 0 unspecified atom stereocenters. The smallest absolute Gasteiger partial charge is 0.171 e. The quantitative estimate of drug-likeness (QED) is 0.618. The zero-order chi connectivity index (χ0) is 12.3. The number of rotatable bonds is 3. The summed E-state index contributed by atoms with van der Waals surface area (Å²) >= 11 is 5.85. The highest BCUT2D eigenvalue weighted by Gasteiger charge is 2.05. The van der Waals surface area contributed by atoms with Gasteiger partial charge in [-0.2, -0.15) is 0 Å². The topological polar surface area (TPSA) is 39.2 Å². The van der Waals surface area contributed by atoms with Crippen molar-refractivity contribution in [2.75, 3.05) is 7.11 Å². The van der Waals surface area contributed by atoms with Crippen molar-refractivity contribution in [3.05, 3.63) is 47.2 Å². The van der Waals surface area contributed by atoms with Gasteiger partial charge in [0.2, 0.25) is 0 Å². The predicted octanol–water partition coefficient (Wildman–Crippen LogP) is 3.22. The molecule has 1 aromatic heterocycles. The van der Waals surface area contributed by atoms with Crippen LogP contribution >= 0.6 is 11.6 Å². The summed E-state index contributed by atoms with van der Waals surface area (Å²) in [5, 5.41) is 0.334. The van der Waals surface area contributed by atoms with Crippen LogP contribution in [0.15, 0.2) is 36.5 Å². The van der Waals surface area contributed by atoms with Crippen molar-refractivity contribution in [2.24, 2.45) is 0 Å². The lowest BCUT2D eigenvalue weighted by Crippen LogP contribution is -1.89. The summed E-state index contributed by atoms with van der Waals surface area (Å²) in [5.74, 6) is 0.531. The van der Waals surface area contributed by atoms with Gasteiger partial charge in [-0.25, -0.2) is 4.98 Å². The van der Waals surface area contributed by atoms with Crippen LogP contribution in [0.4, 0.5) is 0 Å². The van der Waals surface area contributed by atoms with Crippen molar-refractivity contribution in [3.8, 4) is 16.9 Å². The Bertz CT molecular complexity index is 538. The van der Waals surface area contributed by atoms with E-state index in [9.17, 15) is 4.79 Å². The summed E-state index contributed by atoms with van der Waals surface area (Å²) in [6.45, 7) is 0. The number of carbonyl (C=O) groups excluding carboxylic acids is 1. The first kappa shape index (κ1) is 11.6. The highest BCUT2D eigenvalue weighted by Crippen LogP contribution is 2.28. The maximum Gasteiger partial charge on any atom is 0.171 e. The van der Waals surface area contributed by atoms with Crippen molar-refractivity contribution < 1.29 is 9.53 Å². The van der Waals surface area contributed by atoms with Crippen molar-refractivity contribution in [3.63, 3.8) is 0 Å². The number of halogens is 1. The molecule has 0 spiro atoms. The SMILES string of the molecule is COc1cc(-c2ccc(C=O)cc2)cnc1Cl. The molecule has 0 atom stereocenters. The van der Waals surface area contributed by atoms with E-state index < -0.39 is 0 Å². The molecule has 17 heavy (non-hydrogen) atoms. The van der Waals surface area contributed by atoms with Gasteiger partial charge in [0.05, 0.1) is 7.11 Å². The molecule has 0 aliphatic heterocycles. The third-order valence-electron chi connectivity index (χ3n) is 2.41. The van der Waals surface area contributed by atoms with E-state index in [1.54, 1.807) is 25.4 Å². The Labute approximate surface area is 104 Å². The minimum absolute atomic E-state index is 0.334. The second-order valence-corrected chi connectivity index (χ2v) is 3.81. The number of ether oxygens (including phenoxy) is 1. The lowest BCUT2D eigenvalue weighted by atomic mass is 10.1. The van der Waals surface area contributed by atoms with Crippen LogP contribution in [-0.2, 0) is 0 Å². The summed E-state index contributed by atoms with van der Waals surface area (Å²) in [6.07, 6.45) is 2.48. The van der Waals surface area contributed by atoms with Gasteiger partial charge in [-0.1, -0.05) is 35.9 Å². The molecule has 0 fully saturated rings. The molecule has 4 heteroatoms. The first-order valence-corrected chi connectivity index (χ1v) is 5.37. The van der Waals surface area contributed by atoms with Crippen LogP contribution < -0.4 is 4.74 Å². The van der Waals surface area contributed by atoms with Crippen LogP contribution in [0, 0.1) is 0 Å². The largest absolute Gasteiger partial charge is 0.494 e. The monoisotopic (exact) mass is 247 g/mol. The van der Waals surface area contributed by atoms with Gasteiger partial charge < -0.3 is 4.74 Å². The molecule has 0 saturated carbocycles. The Balaban J connectivity index is 2.41. The standard InChI is InChI=1S/C13H10ClNO2/c1-17-12-6-11(7-15-13(12)14)10-4-2-9(8-16)3-5-10/h2-8H,1H3. The molecule has 3 nitrogen and oxygen atoms in total. The van der Waals surface area contributed by atoms with Gasteiger partial charge in [0.15, 0.2) is 10.9 Å². The summed E-state index contributed by atoms with van der Waals surface area (Å²) < 4.78 is 5.10. The van der Waals surface area contributed by atoms with Crippen molar-refractivity contribution in [1.29, 1.82) is 0 Å². The summed E-state index contributed by atoms with van der Waals surface area (Å²) in [7, 11) is 1.54. The minimum Gasteiger partial charge on any atom is -0.494 e. The highest BCUT2D eigenvalue weighted by molar-refractivity contribution is 6.30. The van der Waals surface area contributed by atoms with Gasteiger partial charge in [-0.05, 0) is 11.6 Å². The number of carbonyl (C=O) groups is 1. The number of methoxy groups -OCH3 is 1. The second kappa shape index (κ2) is 4.97. The molecule has 0 bridgehead atoms. The second-order valence-electron chi connectivity index (χ2n) is 3.46. The van der Waals surface area contributed by atoms with Crippen molar-refractivity contribution >= 4 is 17.9 Å². The van der Waals surface area contributed by atoms with Crippen LogP contribution in [-0.4, -0.2) is 18.4 Å². The first-order chi connectivity index (χ1) is 8.24. The molecule has 0 amide bonds. The maximum absolute atomic E-state index is 10.5. The van der Waals surface area contributed by atoms with Crippen molar-refractivity contribution in [2.45, 2.75) is 0 Å². The maximum atomic E-state index is 10.5. The third kappa shape index (κ3) is 2.45. The number of pyridine rings is 1. The number of nitrogens with zero attached hydrogens (tertiary/aromatic N) is 1. The molecule has 0 aliphatic rings. The average Bonchev–Trinajstić information content (AvgIpc) is 2.39. The van der Waals surface area contributed by atoms with Crippen LogP contribution in [0.2, 0.25) is 5.15 Å². The molecule has 2 rings (SSSR count). The molecule has 0 aliphatic carbocycles. The Morgan fingerprint density at radius 1 is 1.24 bits per heavy atom. The van der Waals surface area contributed by atoms with E-state index in [-0.39, 0.29) is 0 Å². The lowest BCUT2D eigenvalue weighted by molar-refractivity contribution is 0.112. The average molecular weight is 248 g/mol. The molecular weight excluding hydrogens is 238 g/mol. The Kier molecular flexibility index (Phi) is 3.40. The third-order valence-corrected chi connectivity index (χ3v) is 2.69. The number of aromatic nitrogens is 1. The van der Waals surface area contributed by atoms with Gasteiger partial charge in [-0.15, -0.1) is 0 Å². The van der Waals surface area contributed by atoms with Gasteiger partial charge in [0, 0.05) is 17.3 Å². The van der Waals surface area contributed by atoms with E-state index >= 15 is 0 Å². The van der Waals surface area contributed by atoms with Gasteiger partial charge in [0.1, 0.15) is 6.29 Å². The molecule has 0 saturated heterocycles. The lowest BCUT2D eigenvalue weighted by Gasteiger charge is -2.06. The predicted molar refractivity (Wildman–Crippen MR) is 66.6 cm³/mol. The zero-order valence-corrected chi connectivity index (χ0v) is 9.94. The Morgan fingerprint density at radius 3 is 2.53 bits per heavy atom. The summed E-state index contributed by atoms with van der Waals surface area (Å²) in [6, 6.07) is 9.03. The Hall–Kier alpha value is -1.87. The minimum atomic E-state index is 0.334. The van der Waals surface area contributed by atoms with Crippen LogP contribution in [0.5, 0.6) is 5.75 Å². The summed E-state index contributed by atoms with van der Waals surface area (Å²) in [4.78, 5) is 14.6. The fourth-order valence-electron chi connectivity index (χ4n) is 1.48.